The zero-order chi connectivity index (χ0) is 13.0. The second-order valence-corrected chi connectivity index (χ2v) is 5.09. The van der Waals surface area contributed by atoms with Crippen molar-refractivity contribution in [3.63, 3.8) is 0 Å². The normalized spacial score (nSPS) is 11.9. The Morgan fingerprint density at radius 1 is 0.882 bits per heavy atom. The van der Waals surface area contributed by atoms with Gasteiger partial charge in [0.2, 0.25) is 0 Å². The lowest BCUT2D eigenvalue weighted by atomic mass is 10.7. The molecule has 0 fully saturated rings. The van der Waals surface area contributed by atoms with Crippen LogP contribution in [-0.4, -0.2) is 56.5 Å². The molecule has 0 heterocycles. The molecule has 9 heteroatoms. The Labute approximate surface area is 111 Å². The molecule has 0 saturated carbocycles. The third-order valence-electron chi connectivity index (χ3n) is 1.37. The second-order valence-electron chi connectivity index (χ2n) is 2.66. The third-order valence-corrected chi connectivity index (χ3v) is 3.17. The molecule has 0 radical (unpaired) electrons. The summed E-state index contributed by atoms with van der Waals surface area (Å²) in [7, 11) is -3.61. The number of aliphatic hydroxyl groups excluding tert-OH is 1. The maximum absolute atomic E-state index is 11.9. The van der Waals surface area contributed by atoms with Crippen LogP contribution in [0.3, 0.4) is 0 Å². The van der Waals surface area contributed by atoms with Crippen molar-refractivity contribution < 1.29 is 28.0 Å². The van der Waals surface area contributed by atoms with E-state index in [1.54, 1.807) is 0 Å². The predicted octanol–water partition coefficient (Wildman–Crippen LogP) is 1.63. The lowest BCUT2D eigenvalue weighted by molar-refractivity contribution is 0.0516. The lowest BCUT2D eigenvalue weighted by Gasteiger charge is -2.16. The average Bonchev–Trinajstić information content (AvgIpc) is 2.34. The van der Waals surface area contributed by atoms with E-state index >= 15 is 0 Å². The minimum atomic E-state index is -3.61. The second kappa shape index (κ2) is 11.7. The Hall–Kier alpha value is 0.610. The molecule has 0 aromatic carbocycles. The largest absolute Gasteiger partial charge is 0.474 e. The highest BCUT2D eigenvalue weighted by Crippen LogP contribution is 2.49. The fourth-order valence-corrected chi connectivity index (χ4v) is 2.30. The molecule has 0 unspecified atom stereocenters. The van der Waals surface area contributed by atoms with Crippen LogP contribution in [-0.2, 0) is 22.9 Å². The van der Waals surface area contributed by atoms with Crippen molar-refractivity contribution in [1.29, 1.82) is 0 Å². The van der Waals surface area contributed by atoms with Gasteiger partial charge >= 0.3 is 7.82 Å². The van der Waals surface area contributed by atoms with Gasteiger partial charge in [0.1, 0.15) is 0 Å². The quantitative estimate of drug-likeness (QED) is 0.335. The summed E-state index contributed by atoms with van der Waals surface area (Å²) in [5, 5.41) is 8.46. The first-order valence-electron chi connectivity index (χ1n) is 5.02. The zero-order valence-corrected chi connectivity index (χ0v) is 11.8. The van der Waals surface area contributed by atoms with E-state index in [0.717, 1.165) is 0 Å². The van der Waals surface area contributed by atoms with Crippen LogP contribution >= 0.6 is 31.0 Å². The van der Waals surface area contributed by atoms with E-state index in [1.165, 1.54) is 0 Å². The van der Waals surface area contributed by atoms with E-state index < -0.39 is 7.82 Å². The van der Waals surface area contributed by atoms with E-state index in [9.17, 15) is 4.57 Å². The van der Waals surface area contributed by atoms with Crippen molar-refractivity contribution in [1.82, 2.24) is 0 Å². The van der Waals surface area contributed by atoms with E-state index in [2.05, 4.69) is 0 Å². The predicted molar refractivity (Wildman–Crippen MR) is 64.8 cm³/mol. The molecule has 0 saturated heterocycles. The number of halogens is 2. The molecule has 0 spiro atoms. The van der Waals surface area contributed by atoms with Crippen LogP contribution in [0.1, 0.15) is 0 Å². The summed E-state index contributed by atoms with van der Waals surface area (Å²) < 4.78 is 31.6. The van der Waals surface area contributed by atoms with Gasteiger partial charge in [0, 0.05) is 11.8 Å². The molecule has 0 aliphatic heterocycles. The van der Waals surface area contributed by atoms with Crippen LogP contribution in [0, 0.1) is 0 Å². The molecule has 0 aromatic rings. The first kappa shape index (κ1) is 17.6. The van der Waals surface area contributed by atoms with Crippen LogP contribution in [0.25, 0.3) is 0 Å². The average molecular weight is 311 g/mol. The fourth-order valence-electron chi connectivity index (χ4n) is 0.779. The Balaban J connectivity index is 3.87. The summed E-state index contributed by atoms with van der Waals surface area (Å²) >= 11 is 10.8. The number of rotatable bonds is 12. The SMILES string of the molecule is O=P(OCCCl)(OCCCl)OCCOCCO. The smallest absolute Gasteiger partial charge is 0.394 e. The third kappa shape index (κ3) is 10.2. The highest BCUT2D eigenvalue weighted by Gasteiger charge is 2.25. The van der Waals surface area contributed by atoms with Crippen molar-refractivity contribution in [2.75, 3.05) is 51.4 Å². The molecule has 6 nitrogen and oxygen atoms in total. The summed E-state index contributed by atoms with van der Waals surface area (Å²) in [4.78, 5) is 0. The minimum absolute atomic E-state index is 0.0296. The Morgan fingerprint density at radius 3 is 1.88 bits per heavy atom. The van der Waals surface area contributed by atoms with Crippen molar-refractivity contribution in [2.24, 2.45) is 0 Å². The highest BCUT2D eigenvalue weighted by atomic mass is 35.5. The summed E-state index contributed by atoms with van der Waals surface area (Å²) in [5.41, 5.74) is 0. The van der Waals surface area contributed by atoms with Crippen molar-refractivity contribution in [2.45, 2.75) is 0 Å². The van der Waals surface area contributed by atoms with Gasteiger partial charge in [0.25, 0.3) is 0 Å². The van der Waals surface area contributed by atoms with Crippen LogP contribution in [0.4, 0.5) is 0 Å². The maximum atomic E-state index is 11.9. The van der Waals surface area contributed by atoms with Gasteiger partial charge < -0.3 is 9.84 Å². The molecular formula is C8H17Cl2O6P. The van der Waals surface area contributed by atoms with Crippen LogP contribution < -0.4 is 0 Å². The van der Waals surface area contributed by atoms with E-state index in [1.807, 2.05) is 0 Å². The number of phosphoric ester groups is 1. The molecule has 104 valence electrons. The minimum Gasteiger partial charge on any atom is -0.394 e. The van der Waals surface area contributed by atoms with Gasteiger partial charge in [-0.15, -0.1) is 23.2 Å². The molecular weight excluding hydrogens is 294 g/mol. The summed E-state index contributed by atoms with van der Waals surface area (Å²) in [6.07, 6.45) is 0. The lowest BCUT2D eigenvalue weighted by Crippen LogP contribution is -2.09. The standard InChI is InChI=1S/C8H17Cl2O6P/c9-1-4-14-17(12,15-5-2-10)16-8-7-13-6-3-11/h11H,1-8H2. The Bertz CT molecular complexity index is 206. The van der Waals surface area contributed by atoms with E-state index in [-0.39, 0.29) is 51.4 Å². The van der Waals surface area contributed by atoms with Gasteiger partial charge in [-0.25, -0.2) is 4.57 Å². The van der Waals surface area contributed by atoms with Gasteiger partial charge in [-0.05, 0) is 0 Å². The number of alkyl halides is 2. The van der Waals surface area contributed by atoms with Crippen LogP contribution in [0.5, 0.6) is 0 Å². The maximum Gasteiger partial charge on any atom is 0.474 e. The molecule has 0 rings (SSSR count). The molecule has 0 amide bonds. The van der Waals surface area contributed by atoms with Crippen LogP contribution in [0.2, 0.25) is 0 Å². The molecule has 0 aliphatic rings. The highest BCUT2D eigenvalue weighted by molar-refractivity contribution is 7.48. The van der Waals surface area contributed by atoms with Crippen molar-refractivity contribution >= 4 is 31.0 Å². The van der Waals surface area contributed by atoms with Gasteiger partial charge in [-0.2, -0.15) is 0 Å². The molecule has 0 atom stereocenters. The number of aliphatic hydroxyl groups is 1. The Kier molecular flexibility index (Phi) is 12.1. The van der Waals surface area contributed by atoms with Gasteiger partial charge in [-0.1, -0.05) is 0 Å². The fraction of sp³-hybridized carbons (Fsp3) is 1.00. The topological polar surface area (TPSA) is 74.2 Å². The van der Waals surface area contributed by atoms with Crippen LogP contribution in [0.15, 0.2) is 0 Å². The monoisotopic (exact) mass is 310 g/mol. The van der Waals surface area contributed by atoms with E-state index in [4.69, 9.17) is 46.6 Å². The Morgan fingerprint density at radius 2 is 1.41 bits per heavy atom. The summed E-state index contributed by atoms with van der Waals surface area (Å²) in [6, 6.07) is 0. The number of ether oxygens (including phenoxy) is 1. The summed E-state index contributed by atoms with van der Waals surface area (Å²) in [5.74, 6) is 0.358. The molecule has 0 bridgehead atoms. The summed E-state index contributed by atoms with van der Waals surface area (Å²) in [6.45, 7) is 0.431. The number of hydrogen-bond donors (Lipinski definition) is 1. The molecule has 1 N–H and O–H groups in total. The molecule has 0 aromatic heterocycles. The van der Waals surface area contributed by atoms with Crippen molar-refractivity contribution in [3.8, 4) is 0 Å². The van der Waals surface area contributed by atoms with Gasteiger partial charge in [0.15, 0.2) is 0 Å². The molecule has 17 heavy (non-hydrogen) atoms. The van der Waals surface area contributed by atoms with Gasteiger partial charge in [-0.3, -0.25) is 13.6 Å². The number of hydrogen-bond acceptors (Lipinski definition) is 6. The number of phosphoric acid groups is 1. The first-order valence-corrected chi connectivity index (χ1v) is 7.55. The van der Waals surface area contributed by atoms with Gasteiger partial charge in [0.05, 0.1) is 39.6 Å². The first-order chi connectivity index (χ1) is 8.18. The molecule has 0 aliphatic carbocycles. The zero-order valence-electron chi connectivity index (χ0n) is 9.35. The van der Waals surface area contributed by atoms with Crippen molar-refractivity contribution in [3.05, 3.63) is 0 Å². The van der Waals surface area contributed by atoms with E-state index in [0.29, 0.717) is 0 Å².